The molecule has 0 saturated carbocycles. The summed E-state index contributed by atoms with van der Waals surface area (Å²) in [4.78, 5) is 46.6. The minimum atomic E-state index is -0.430. The van der Waals surface area contributed by atoms with E-state index in [-0.39, 0.29) is 35.8 Å². The molecule has 3 N–H and O–H groups in total. The van der Waals surface area contributed by atoms with Crippen molar-refractivity contribution in [2.75, 3.05) is 19.6 Å². The van der Waals surface area contributed by atoms with Gasteiger partial charge in [0.25, 0.3) is 0 Å². The van der Waals surface area contributed by atoms with E-state index in [1.54, 1.807) is 0 Å². The average Bonchev–Trinajstić information content (AvgIpc) is 3.59. The number of H-pyrrole nitrogens is 1. The van der Waals surface area contributed by atoms with E-state index < -0.39 is 6.04 Å². The number of carbonyl (C=O) groups is 3. The molecule has 1 aromatic heterocycles. The van der Waals surface area contributed by atoms with Gasteiger partial charge in [-0.3, -0.25) is 14.4 Å². The highest BCUT2D eigenvalue weighted by molar-refractivity contribution is 5.99. The van der Waals surface area contributed by atoms with E-state index in [0.29, 0.717) is 25.9 Å². The number of aromatic amines is 1. The van der Waals surface area contributed by atoms with Gasteiger partial charge in [-0.05, 0) is 56.7 Å². The first-order valence-corrected chi connectivity index (χ1v) is 12.4. The predicted molar refractivity (Wildman–Crippen MR) is 123 cm³/mol. The molecule has 4 aliphatic heterocycles. The lowest BCUT2D eigenvalue weighted by atomic mass is 9.86. The second-order valence-electron chi connectivity index (χ2n) is 9.82. The molecular weight excluding hydrogens is 418 g/mol. The number of fused-ring (bicyclic) bond motifs is 5. The highest BCUT2D eigenvalue weighted by atomic mass is 16.2. The van der Waals surface area contributed by atoms with Crippen LogP contribution in [0, 0.1) is 0 Å². The van der Waals surface area contributed by atoms with Crippen molar-refractivity contribution in [3.63, 3.8) is 0 Å². The van der Waals surface area contributed by atoms with Crippen LogP contribution < -0.4 is 10.6 Å². The number of rotatable bonds is 5. The van der Waals surface area contributed by atoms with Crippen molar-refractivity contribution in [3.8, 4) is 0 Å². The van der Waals surface area contributed by atoms with Crippen LogP contribution in [0.3, 0.4) is 0 Å². The molecule has 3 saturated heterocycles. The average molecular weight is 450 g/mol. The number of piperazine rings is 1. The number of carbonyl (C=O) groups excluding carboxylic acids is 3. The van der Waals surface area contributed by atoms with E-state index >= 15 is 0 Å². The van der Waals surface area contributed by atoms with E-state index in [1.807, 2.05) is 21.9 Å². The molecule has 1 unspecified atom stereocenters. The molecule has 174 valence electrons. The van der Waals surface area contributed by atoms with Crippen molar-refractivity contribution >= 4 is 28.6 Å². The summed E-state index contributed by atoms with van der Waals surface area (Å²) in [7, 11) is 0. The summed E-state index contributed by atoms with van der Waals surface area (Å²) in [5, 5.41) is 7.43. The van der Waals surface area contributed by atoms with Gasteiger partial charge in [-0.15, -0.1) is 0 Å². The fraction of sp³-hybridized carbons (Fsp3) is 0.560. The third-order valence-electron chi connectivity index (χ3n) is 7.94. The maximum atomic E-state index is 13.6. The summed E-state index contributed by atoms with van der Waals surface area (Å²) >= 11 is 0. The van der Waals surface area contributed by atoms with Crippen molar-refractivity contribution in [2.24, 2.45) is 0 Å². The molecule has 4 aliphatic rings. The van der Waals surface area contributed by atoms with Gasteiger partial charge in [0.05, 0.1) is 12.1 Å². The second kappa shape index (κ2) is 8.17. The first-order valence-electron chi connectivity index (χ1n) is 12.4. The Hall–Kier alpha value is -2.87. The number of benzene rings is 1. The van der Waals surface area contributed by atoms with Crippen molar-refractivity contribution in [2.45, 2.75) is 69.1 Å². The lowest BCUT2D eigenvalue weighted by Crippen LogP contribution is -2.65. The Labute approximate surface area is 193 Å². The van der Waals surface area contributed by atoms with Gasteiger partial charge < -0.3 is 25.4 Å². The minimum absolute atomic E-state index is 0.0612. The Balaban J connectivity index is 1.27. The molecule has 4 atom stereocenters. The summed E-state index contributed by atoms with van der Waals surface area (Å²) in [5.41, 5.74) is 3.27. The second-order valence-corrected chi connectivity index (χ2v) is 9.82. The zero-order valence-electron chi connectivity index (χ0n) is 18.8. The molecule has 0 bridgehead atoms. The zero-order chi connectivity index (χ0) is 22.5. The van der Waals surface area contributed by atoms with E-state index in [2.05, 4.69) is 27.8 Å². The molecule has 1 aromatic carbocycles. The van der Waals surface area contributed by atoms with Gasteiger partial charge in [0, 0.05) is 36.1 Å². The number of hydrogen-bond donors (Lipinski definition) is 3. The maximum absolute atomic E-state index is 13.6. The van der Waals surface area contributed by atoms with Crippen LogP contribution in [-0.4, -0.2) is 70.3 Å². The highest BCUT2D eigenvalue weighted by Gasteiger charge is 2.52. The smallest absolute Gasteiger partial charge is 0.246 e. The van der Waals surface area contributed by atoms with E-state index in [1.165, 1.54) is 0 Å². The molecule has 0 aliphatic carbocycles. The fourth-order valence-corrected chi connectivity index (χ4v) is 6.36. The van der Waals surface area contributed by atoms with Crippen LogP contribution in [0.2, 0.25) is 0 Å². The summed E-state index contributed by atoms with van der Waals surface area (Å²) in [6.07, 6.45) is 5.59. The Bertz CT molecular complexity index is 1100. The zero-order valence-corrected chi connectivity index (χ0v) is 18.8. The molecule has 3 amide bonds. The van der Waals surface area contributed by atoms with Crippen LogP contribution in [0.1, 0.15) is 55.8 Å². The van der Waals surface area contributed by atoms with Gasteiger partial charge in [0.1, 0.15) is 12.1 Å². The number of nitrogens with zero attached hydrogens (tertiary/aromatic N) is 2. The van der Waals surface area contributed by atoms with Crippen LogP contribution in [0.25, 0.3) is 10.9 Å². The van der Waals surface area contributed by atoms with Crippen molar-refractivity contribution in [3.05, 3.63) is 35.5 Å². The number of para-hydroxylation sites is 1. The molecule has 8 nitrogen and oxygen atoms in total. The Morgan fingerprint density at radius 3 is 2.82 bits per heavy atom. The standard InChI is InChI=1S/C25H31N5O3/c31-23(18-8-3-11-26-18)27-12-4-9-19-22-16(15-6-1-2-7-17(15)28-22)14-21-24(32)29-13-5-10-20(29)25(33)30(19)21/h1-2,6-7,18-21,26,28H,3-5,8-14H2,(H,27,31)/t18?,19-,20-,21-/m0/s1. The van der Waals surface area contributed by atoms with Crippen molar-refractivity contribution in [1.29, 1.82) is 0 Å². The van der Waals surface area contributed by atoms with Gasteiger partial charge in [-0.1, -0.05) is 18.2 Å². The molecule has 33 heavy (non-hydrogen) atoms. The van der Waals surface area contributed by atoms with Crippen LogP contribution in [0.4, 0.5) is 0 Å². The lowest BCUT2D eigenvalue weighted by Gasteiger charge is -2.48. The van der Waals surface area contributed by atoms with E-state index in [4.69, 9.17) is 0 Å². The molecule has 8 heteroatoms. The van der Waals surface area contributed by atoms with E-state index in [9.17, 15) is 14.4 Å². The van der Waals surface area contributed by atoms with Crippen LogP contribution in [0.5, 0.6) is 0 Å². The Kier molecular flexibility index (Phi) is 5.13. The number of hydrogen-bond acceptors (Lipinski definition) is 4. The molecular formula is C25H31N5O3. The lowest BCUT2D eigenvalue weighted by molar-refractivity contribution is -0.163. The van der Waals surface area contributed by atoms with Crippen LogP contribution >= 0.6 is 0 Å². The number of amides is 3. The third kappa shape index (κ3) is 3.34. The quantitative estimate of drug-likeness (QED) is 0.604. The van der Waals surface area contributed by atoms with Crippen molar-refractivity contribution < 1.29 is 14.4 Å². The topological polar surface area (TPSA) is 97.5 Å². The monoisotopic (exact) mass is 449 g/mol. The van der Waals surface area contributed by atoms with Gasteiger partial charge >= 0.3 is 0 Å². The molecule has 3 fully saturated rings. The third-order valence-corrected chi connectivity index (χ3v) is 7.94. The Morgan fingerprint density at radius 2 is 1.97 bits per heavy atom. The van der Waals surface area contributed by atoms with Crippen molar-refractivity contribution in [1.82, 2.24) is 25.4 Å². The van der Waals surface area contributed by atoms with Crippen LogP contribution in [0.15, 0.2) is 24.3 Å². The minimum Gasteiger partial charge on any atom is -0.356 e. The fourth-order valence-electron chi connectivity index (χ4n) is 6.36. The molecule has 0 radical (unpaired) electrons. The summed E-state index contributed by atoms with van der Waals surface area (Å²) in [6.45, 7) is 2.15. The summed E-state index contributed by atoms with van der Waals surface area (Å²) in [6, 6.07) is 7.18. The van der Waals surface area contributed by atoms with Gasteiger partial charge in [-0.2, -0.15) is 0 Å². The largest absolute Gasteiger partial charge is 0.356 e. The molecule has 0 spiro atoms. The number of aromatic nitrogens is 1. The van der Waals surface area contributed by atoms with Gasteiger partial charge in [-0.25, -0.2) is 0 Å². The Morgan fingerprint density at radius 1 is 1.09 bits per heavy atom. The SMILES string of the molecule is O=C(NCCC[C@H]1c2[nH]c3ccccc3c2C[C@H]2C(=O)N3CCC[C@H]3C(=O)N21)C1CCCN1. The summed E-state index contributed by atoms with van der Waals surface area (Å²) < 4.78 is 0. The summed E-state index contributed by atoms with van der Waals surface area (Å²) in [5.74, 6) is 0.246. The predicted octanol–water partition coefficient (Wildman–Crippen LogP) is 1.62. The van der Waals surface area contributed by atoms with E-state index in [0.717, 1.165) is 60.8 Å². The molecule has 6 rings (SSSR count). The first kappa shape index (κ1) is 20.7. The van der Waals surface area contributed by atoms with Crippen LogP contribution in [-0.2, 0) is 20.8 Å². The number of nitrogens with one attached hydrogen (secondary N) is 3. The van der Waals surface area contributed by atoms with Gasteiger partial charge in [0.15, 0.2) is 0 Å². The normalized spacial score (nSPS) is 28.7. The molecule has 5 heterocycles. The highest BCUT2D eigenvalue weighted by Crippen LogP contribution is 2.43. The molecule has 2 aromatic rings. The first-order chi connectivity index (χ1) is 16.1. The maximum Gasteiger partial charge on any atom is 0.246 e. The van der Waals surface area contributed by atoms with Gasteiger partial charge in [0.2, 0.25) is 17.7 Å².